The molecule has 4 nitrogen and oxygen atoms in total. The largest absolute Gasteiger partial charge is 0.390 e. The first-order valence-corrected chi connectivity index (χ1v) is 13.6. The predicted molar refractivity (Wildman–Crippen MR) is 145 cm³/mol. The van der Waals surface area contributed by atoms with Crippen molar-refractivity contribution >= 4 is 11.6 Å². The lowest BCUT2D eigenvalue weighted by Crippen LogP contribution is -2.48. The van der Waals surface area contributed by atoms with Crippen LogP contribution in [-0.4, -0.2) is 21.6 Å². The van der Waals surface area contributed by atoms with E-state index >= 15 is 0 Å². The van der Waals surface area contributed by atoms with Gasteiger partial charge in [0.15, 0.2) is 0 Å². The van der Waals surface area contributed by atoms with Gasteiger partial charge in [0.2, 0.25) is 0 Å². The van der Waals surface area contributed by atoms with Crippen LogP contribution in [0.15, 0.2) is 66.9 Å². The second-order valence-electron chi connectivity index (χ2n) is 11.0. The number of fused-ring (bicyclic) bond motifs is 3. The minimum Gasteiger partial charge on any atom is -0.390 e. The van der Waals surface area contributed by atoms with Gasteiger partial charge in [-0.25, -0.2) is 0 Å². The molecule has 1 aromatic heterocycles. The number of nitrogens with zero attached hydrogens (tertiary/aromatic N) is 1. The number of aryl methyl sites for hydroxylation is 2. The SMILES string of the molecule is CCC[C@]12CC[C@@](O)(Cc3ccccc3)C[C@H]1CCCc1cc(C(=O)Nc3cccnc3C)ccc12. The first kappa shape index (κ1) is 24.7. The Morgan fingerprint density at radius 2 is 1.94 bits per heavy atom. The highest BCUT2D eigenvalue weighted by molar-refractivity contribution is 6.04. The maximum atomic E-state index is 13.1. The number of rotatable bonds is 6. The molecular weight excluding hydrogens is 444 g/mol. The highest BCUT2D eigenvalue weighted by Gasteiger charge is 2.50. The predicted octanol–water partition coefficient (Wildman–Crippen LogP) is 6.79. The molecule has 2 N–H and O–H groups in total. The number of benzene rings is 2. The molecule has 36 heavy (non-hydrogen) atoms. The van der Waals surface area contributed by atoms with Gasteiger partial charge in [0.25, 0.3) is 5.91 Å². The highest BCUT2D eigenvalue weighted by atomic mass is 16.3. The molecule has 1 heterocycles. The molecule has 2 aliphatic rings. The van der Waals surface area contributed by atoms with Crippen LogP contribution in [0.4, 0.5) is 5.69 Å². The van der Waals surface area contributed by atoms with Gasteiger partial charge in [-0.2, -0.15) is 0 Å². The van der Waals surface area contributed by atoms with Crippen LogP contribution in [0.1, 0.15) is 84.6 Å². The van der Waals surface area contributed by atoms with Crippen LogP contribution in [0.2, 0.25) is 0 Å². The first-order valence-electron chi connectivity index (χ1n) is 13.6. The Balaban J connectivity index is 1.42. The van der Waals surface area contributed by atoms with Crippen molar-refractivity contribution in [2.45, 2.75) is 82.7 Å². The summed E-state index contributed by atoms with van der Waals surface area (Å²) in [5, 5.41) is 14.7. The lowest BCUT2D eigenvalue weighted by molar-refractivity contribution is -0.0488. The Bertz CT molecular complexity index is 1220. The molecule has 0 radical (unpaired) electrons. The van der Waals surface area contributed by atoms with Crippen LogP contribution in [0, 0.1) is 12.8 Å². The van der Waals surface area contributed by atoms with E-state index in [9.17, 15) is 9.90 Å². The number of carbonyl (C=O) groups is 1. The molecular formula is C32H38N2O2. The molecule has 3 atom stereocenters. The lowest BCUT2D eigenvalue weighted by Gasteiger charge is -2.50. The van der Waals surface area contributed by atoms with E-state index < -0.39 is 5.60 Å². The lowest BCUT2D eigenvalue weighted by atomic mass is 9.55. The quantitative estimate of drug-likeness (QED) is 0.407. The number of aliphatic hydroxyl groups is 1. The third kappa shape index (κ3) is 4.84. The van der Waals surface area contributed by atoms with E-state index in [1.807, 2.05) is 31.2 Å². The Morgan fingerprint density at radius 1 is 1.11 bits per heavy atom. The zero-order valence-corrected chi connectivity index (χ0v) is 21.6. The maximum absolute atomic E-state index is 13.1. The smallest absolute Gasteiger partial charge is 0.255 e. The van der Waals surface area contributed by atoms with Crippen molar-refractivity contribution in [3.8, 4) is 0 Å². The minimum atomic E-state index is -0.644. The number of pyridine rings is 1. The second kappa shape index (κ2) is 10.2. The molecule has 1 saturated carbocycles. The number of nitrogens with one attached hydrogen (secondary N) is 1. The van der Waals surface area contributed by atoms with Crippen molar-refractivity contribution in [1.29, 1.82) is 0 Å². The average molecular weight is 483 g/mol. The van der Waals surface area contributed by atoms with Gasteiger partial charge in [-0.1, -0.05) is 49.7 Å². The van der Waals surface area contributed by atoms with Gasteiger partial charge < -0.3 is 10.4 Å². The Kier molecular flexibility index (Phi) is 6.98. The van der Waals surface area contributed by atoms with Crippen molar-refractivity contribution < 1.29 is 9.90 Å². The van der Waals surface area contributed by atoms with E-state index in [0.717, 1.165) is 69.2 Å². The summed E-state index contributed by atoms with van der Waals surface area (Å²) in [5.74, 6) is 0.374. The number of carbonyl (C=O) groups excluding carboxylic acids is 1. The number of anilines is 1. The summed E-state index contributed by atoms with van der Waals surface area (Å²) in [6, 6.07) is 20.5. The van der Waals surface area contributed by atoms with Crippen molar-refractivity contribution in [3.63, 3.8) is 0 Å². The van der Waals surface area contributed by atoms with Crippen LogP contribution < -0.4 is 5.32 Å². The fraction of sp³-hybridized carbons (Fsp3) is 0.438. The molecule has 0 spiro atoms. The van der Waals surface area contributed by atoms with Gasteiger partial charge in [0, 0.05) is 18.2 Å². The standard InChI is InChI=1S/C32H38N2O2/c1-3-16-32-18-17-31(36,21-24-9-5-4-6-10-24)22-27(32)12-7-11-25-20-26(14-15-28(25)32)30(35)34-29-13-8-19-33-23(29)2/h4-6,8-10,13-15,19-20,27,36H,3,7,11-12,16-18,21-22H2,1-2H3,(H,34,35)/t27-,31-,32+/m1/s1. The van der Waals surface area contributed by atoms with E-state index in [4.69, 9.17) is 0 Å². The summed E-state index contributed by atoms with van der Waals surface area (Å²) in [4.78, 5) is 17.4. The van der Waals surface area contributed by atoms with Crippen LogP contribution >= 0.6 is 0 Å². The molecule has 0 bridgehead atoms. The normalized spacial score (nSPS) is 25.4. The van der Waals surface area contributed by atoms with Gasteiger partial charge >= 0.3 is 0 Å². The Morgan fingerprint density at radius 3 is 2.72 bits per heavy atom. The van der Waals surface area contributed by atoms with Gasteiger partial charge in [0.05, 0.1) is 17.0 Å². The van der Waals surface area contributed by atoms with E-state index in [1.54, 1.807) is 6.20 Å². The van der Waals surface area contributed by atoms with Crippen molar-refractivity contribution in [2.24, 2.45) is 5.92 Å². The van der Waals surface area contributed by atoms with Gasteiger partial charge in [-0.15, -0.1) is 0 Å². The fourth-order valence-corrected chi connectivity index (χ4v) is 6.97. The van der Waals surface area contributed by atoms with E-state index in [2.05, 4.69) is 53.6 Å². The topological polar surface area (TPSA) is 62.2 Å². The molecule has 3 aromatic rings. The first-order chi connectivity index (χ1) is 17.4. The summed E-state index contributed by atoms with van der Waals surface area (Å²) in [7, 11) is 0. The Hall–Kier alpha value is -2.98. The number of aromatic nitrogens is 1. The molecule has 1 fully saturated rings. The summed E-state index contributed by atoms with van der Waals surface area (Å²) in [6.45, 7) is 4.18. The fourth-order valence-electron chi connectivity index (χ4n) is 6.97. The van der Waals surface area contributed by atoms with Crippen LogP contribution in [0.5, 0.6) is 0 Å². The minimum absolute atomic E-state index is 0.0818. The molecule has 4 heteroatoms. The average Bonchev–Trinajstić information content (AvgIpc) is 3.02. The molecule has 188 valence electrons. The summed E-state index contributed by atoms with van der Waals surface area (Å²) in [6.07, 6.45) is 10.6. The van der Waals surface area contributed by atoms with Gasteiger partial charge in [-0.05, 0) is 104 Å². The molecule has 5 rings (SSSR count). The molecule has 0 unspecified atom stereocenters. The monoisotopic (exact) mass is 482 g/mol. The Labute approximate surface area is 215 Å². The number of hydrogen-bond donors (Lipinski definition) is 2. The zero-order chi connectivity index (χ0) is 25.2. The van der Waals surface area contributed by atoms with E-state index in [0.29, 0.717) is 11.5 Å². The molecule has 2 aliphatic carbocycles. The zero-order valence-electron chi connectivity index (χ0n) is 21.6. The summed E-state index contributed by atoms with van der Waals surface area (Å²) < 4.78 is 0. The molecule has 0 saturated heterocycles. The van der Waals surface area contributed by atoms with Gasteiger partial charge in [-0.3, -0.25) is 9.78 Å². The number of amides is 1. The highest BCUT2D eigenvalue weighted by Crippen LogP contribution is 2.54. The molecule has 0 aliphatic heterocycles. The van der Waals surface area contributed by atoms with Crippen LogP contribution in [0.3, 0.4) is 0 Å². The third-order valence-corrected chi connectivity index (χ3v) is 8.67. The van der Waals surface area contributed by atoms with Crippen molar-refractivity contribution in [3.05, 3.63) is 94.8 Å². The van der Waals surface area contributed by atoms with E-state index in [-0.39, 0.29) is 11.3 Å². The second-order valence-corrected chi connectivity index (χ2v) is 11.0. The van der Waals surface area contributed by atoms with Crippen molar-refractivity contribution in [2.75, 3.05) is 5.32 Å². The number of hydrogen-bond acceptors (Lipinski definition) is 3. The van der Waals surface area contributed by atoms with Crippen LogP contribution in [-0.2, 0) is 18.3 Å². The summed E-state index contributed by atoms with van der Waals surface area (Å²) >= 11 is 0. The maximum Gasteiger partial charge on any atom is 0.255 e. The molecule has 2 aromatic carbocycles. The summed E-state index contributed by atoms with van der Waals surface area (Å²) in [5.41, 5.74) is 5.67. The van der Waals surface area contributed by atoms with Gasteiger partial charge in [0.1, 0.15) is 0 Å². The van der Waals surface area contributed by atoms with Crippen LogP contribution in [0.25, 0.3) is 0 Å². The molecule has 1 amide bonds. The van der Waals surface area contributed by atoms with Crippen molar-refractivity contribution in [1.82, 2.24) is 4.98 Å². The third-order valence-electron chi connectivity index (χ3n) is 8.67. The van der Waals surface area contributed by atoms with E-state index in [1.165, 1.54) is 16.7 Å².